The Morgan fingerprint density at radius 3 is 2.38 bits per heavy atom. The number of allylic oxidation sites excluding steroid dienone is 4. The number of hydrogen-bond donors (Lipinski definition) is 2. The molecule has 0 aliphatic heterocycles. The third kappa shape index (κ3) is 3.46. The Morgan fingerprint density at radius 1 is 1.19 bits per heavy atom. The van der Waals surface area contributed by atoms with Gasteiger partial charge in [0.15, 0.2) is 5.78 Å². The Labute approximate surface area is 187 Å². The van der Waals surface area contributed by atoms with Gasteiger partial charge in [-0.05, 0) is 93.5 Å². The SMILES string of the molecule is CC1=C(CCCOC(=O)c2ccc(S(N)(=O)=O)cc2)C2=C(C)C3(CC3)[C@@](C)(O)C(=O)C2=C1. The van der Waals surface area contributed by atoms with Gasteiger partial charge < -0.3 is 9.84 Å². The zero-order valence-corrected chi connectivity index (χ0v) is 19.2. The lowest BCUT2D eigenvalue weighted by atomic mass is 9.67. The molecule has 1 spiro atoms. The molecule has 1 atom stereocenters. The minimum Gasteiger partial charge on any atom is -0.462 e. The summed E-state index contributed by atoms with van der Waals surface area (Å²) in [7, 11) is -3.82. The number of benzene rings is 1. The zero-order valence-electron chi connectivity index (χ0n) is 18.4. The molecule has 170 valence electrons. The minimum absolute atomic E-state index is 0.0703. The molecule has 0 bridgehead atoms. The van der Waals surface area contributed by atoms with Crippen molar-refractivity contribution < 1.29 is 27.9 Å². The molecule has 1 fully saturated rings. The third-order valence-corrected chi connectivity index (χ3v) is 8.02. The predicted molar refractivity (Wildman–Crippen MR) is 118 cm³/mol. The van der Waals surface area contributed by atoms with Crippen molar-refractivity contribution in [2.45, 2.75) is 57.0 Å². The Balaban J connectivity index is 1.41. The molecule has 0 amide bonds. The summed E-state index contributed by atoms with van der Waals surface area (Å²) in [6.07, 6.45) is 4.69. The van der Waals surface area contributed by atoms with E-state index in [1.54, 1.807) is 6.92 Å². The van der Waals surface area contributed by atoms with Gasteiger partial charge in [0.05, 0.1) is 17.1 Å². The van der Waals surface area contributed by atoms with E-state index >= 15 is 0 Å². The van der Waals surface area contributed by atoms with E-state index < -0.39 is 27.0 Å². The van der Waals surface area contributed by atoms with Crippen molar-refractivity contribution in [1.82, 2.24) is 0 Å². The monoisotopic (exact) mass is 457 g/mol. The molecule has 3 aliphatic carbocycles. The number of nitrogens with two attached hydrogens (primary N) is 1. The molecule has 0 aromatic heterocycles. The molecule has 0 saturated heterocycles. The van der Waals surface area contributed by atoms with Crippen molar-refractivity contribution in [2.75, 3.05) is 6.61 Å². The molecule has 0 unspecified atom stereocenters. The lowest BCUT2D eigenvalue weighted by Gasteiger charge is -2.39. The van der Waals surface area contributed by atoms with Crippen LogP contribution in [0.1, 0.15) is 56.8 Å². The van der Waals surface area contributed by atoms with Gasteiger partial charge >= 0.3 is 5.97 Å². The average Bonchev–Trinajstić information content (AvgIpc) is 3.48. The fraction of sp³-hybridized carbons (Fsp3) is 0.417. The van der Waals surface area contributed by atoms with Crippen LogP contribution in [0.3, 0.4) is 0 Å². The van der Waals surface area contributed by atoms with Gasteiger partial charge in [-0.2, -0.15) is 0 Å². The first-order chi connectivity index (χ1) is 14.9. The maximum absolute atomic E-state index is 13.0. The van der Waals surface area contributed by atoms with Crippen LogP contribution in [-0.2, 0) is 19.6 Å². The second-order valence-electron chi connectivity index (χ2n) is 9.01. The number of aliphatic hydroxyl groups is 1. The van der Waals surface area contributed by atoms with E-state index in [1.807, 2.05) is 19.9 Å². The van der Waals surface area contributed by atoms with Crippen molar-refractivity contribution >= 4 is 21.8 Å². The molecule has 4 rings (SSSR count). The van der Waals surface area contributed by atoms with E-state index in [0.717, 1.165) is 35.1 Å². The molecule has 1 aromatic carbocycles. The Morgan fingerprint density at radius 2 is 1.81 bits per heavy atom. The quantitative estimate of drug-likeness (QED) is 0.500. The maximum atomic E-state index is 13.0. The number of primary sulfonamides is 1. The number of ether oxygens (including phenoxy) is 1. The van der Waals surface area contributed by atoms with Crippen molar-refractivity contribution in [3.63, 3.8) is 0 Å². The first-order valence-electron chi connectivity index (χ1n) is 10.6. The smallest absolute Gasteiger partial charge is 0.338 e. The fourth-order valence-electron chi connectivity index (χ4n) is 5.01. The Kier molecular flexibility index (Phi) is 5.31. The van der Waals surface area contributed by atoms with Gasteiger partial charge in [0.1, 0.15) is 5.60 Å². The topological polar surface area (TPSA) is 124 Å². The molecule has 7 nitrogen and oxygen atoms in total. The summed E-state index contributed by atoms with van der Waals surface area (Å²) in [5.41, 5.74) is 3.12. The second-order valence-corrected chi connectivity index (χ2v) is 10.6. The maximum Gasteiger partial charge on any atom is 0.338 e. The second kappa shape index (κ2) is 7.50. The molecule has 3 aliphatic rings. The van der Waals surface area contributed by atoms with Crippen LogP contribution in [0.25, 0.3) is 0 Å². The molecular weight excluding hydrogens is 430 g/mol. The third-order valence-electron chi connectivity index (χ3n) is 7.09. The van der Waals surface area contributed by atoms with Crippen molar-refractivity contribution in [1.29, 1.82) is 0 Å². The lowest BCUT2D eigenvalue weighted by molar-refractivity contribution is -0.137. The van der Waals surface area contributed by atoms with E-state index in [-0.39, 0.29) is 22.8 Å². The number of carbonyl (C=O) groups excluding carboxylic acids is 2. The average molecular weight is 458 g/mol. The van der Waals surface area contributed by atoms with Crippen molar-refractivity contribution in [2.24, 2.45) is 10.6 Å². The van der Waals surface area contributed by atoms with Gasteiger partial charge in [-0.3, -0.25) is 4.79 Å². The van der Waals surface area contributed by atoms with Gasteiger partial charge in [-0.15, -0.1) is 0 Å². The van der Waals surface area contributed by atoms with E-state index in [4.69, 9.17) is 9.88 Å². The standard InChI is InChI=1S/C24H27NO6S/c1-14-13-19-20(15(2)24(10-11-24)23(3,28)21(19)26)18(14)5-4-12-31-22(27)16-6-8-17(9-7-16)32(25,29)30/h6-9,13,28H,4-5,10-12H2,1-3H3,(H2,25,29,30)/t23-/m0/s1. The van der Waals surface area contributed by atoms with Crippen LogP contribution in [0.2, 0.25) is 0 Å². The molecule has 32 heavy (non-hydrogen) atoms. The number of rotatable bonds is 6. The highest BCUT2D eigenvalue weighted by molar-refractivity contribution is 7.89. The van der Waals surface area contributed by atoms with Gasteiger partial charge in [-0.25, -0.2) is 18.4 Å². The highest BCUT2D eigenvalue weighted by Gasteiger charge is 2.64. The van der Waals surface area contributed by atoms with Crippen LogP contribution < -0.4 is 5.14 Å². The van der Waals surface area contributed by atoms with Crippen LogP contribution in [0.15, 0.2) is 63.1 Å². The van der Waals surface area contributed by atoms with Gasteiger partial charge in [0.25, 0.3) is 0 Å². The number of sulfonamides is 1. The Bertz CT molecular complexity index is 1210. The predicted octanol–water partition coefficient (Wildman–Crippen LogP) is 2.96. The van der Waals surface area contributed by atoms with Crippen LogP contribution in [0.5, 0.6) is 0 Å². The molecule has 1 saturated carbocycles. The molecule has 8 heteroatoms. The summed E-state index contributed by atoms with van der Waals surface area (Å²) >= 11 is 0. The van der Waals surface area contributed by atoms with Gasteiger partial charge in [0.2, 0.25) is 10.0 Å². The molecule has 1 aromatic rings. The van der Waals surface area contributed by atoms with Crippen LogP contribution in [0.4, 0.5) is 0 Å². The van der Waals surface area contributed by atoms with Crippen LogP contribution in [-0.4, -0.2) is 37.5 Å². The van der Waals surface area contributed by atoms with Crippen LogP contribution >= 0.6 is 0 Å². The number of carbonyl (C=O) groups is 2. The summed E-state index contributed by atoms with van der Waals surface area (Å²) in [4.78, 5) is 25.2. The number of hydrogen-bond acceptors (Lipinski definition) is 6. The zero-order chi connectivity index (χ0) is 23.5. The first-order valence-corrected chi connectivity index (χ1v) is 12.2. The fourth-order valence-corrected chi connectivity index (χ4v) is 5.53. The van der Waals surface area contributed by atoms with Crippen molar-refractivity contribution in [3.05, 3.63) is 63.8 Å². The van der Waals surface area contributed by atoms with E-state index in [9.17, 15) is 23.1 Å². The summed E-state index contributed by atoms with van der Waals surface area (Å²) in [6, 6.07) is 5.27. The number of esters is 1. The van der Waals surface area contributed by atoms with Crippen LogP contribution in [0, 0.1) is 5.41 Å². The highest BCUT2D eigenvalue weighted by atomic mass is 32.2. The number of fused-ring (bicyclic) bond motifs is 1. The molecule has 0 heterocycles. The summed E-state index contributed by atoms with van der Waals surface area (Å²) in [6.45, 7) is 5.79. The van der Waals surface area contributed by atoms with E-state index in [0.29, 0.717) is 18.4 Å². The van der Waals surface area contributed by atoms with Gasteiger partial charge in [-0.1, -0.05) is 5.57 Å². The number of ketones is 1. The molecule has 0 radical (unpaired) electrons. The Hall–Kier alpha value is -2.55. The van der Waals surface area contributed by atoms with E-state index in [2.05, 4.69) is 0 Å². The molecular formula is C24H27NO6S. The normalized spacial score (nSPS) is 24.0. The van der Waals surface area contributed by atoms with E-state index in [1.165, 1.54) is 24.3 Å². The largest absolute Gasteiger partial charge is 0.462 e. The van der Waals surface area contributed by atoms with Gasteiger partial charge in [0, 0.05) is 11.0 Å². The lowest BCUT2D eigenvalue weighted by Crippen LogP contribution is -2.49. The highest BCUT2D eigenvalue weighted by Crippen LogP contribution is 2.65. The number of Topliss-reactive ketones (excluding diaryl/α,β-unsaturated/α-hetero) is 1. The minimum atomic E-state index is -3.82. The summed E-state index contributed by atoms with van der Waals surface area (Å²) < 4.78 is 28.0. The summed E-state index contributed by atoms with van der Waals surface area (Å²) in [5.74, 6) is -0.752. The molecule has 3 N–H and O–H groups in total. The van der Waals surface area contributed by atoms with Crippen molar-refractivity contribution in [3.8, 4) is 0 Å². The first kappa shape index (κ1) is 22.6. The summed E-state index contributed by atoms with van der Waals surface area (Å²) in [5, 5.41) is 16.0.